The van der Waals surface area contributed by atoms with Gasteiger partial charge in [-0.3, -0.25) is 18.3 Å². The Morgan fingerprint density at radius 2 is 1.67 bits per heavy atom. The van der Waals surface area contributed by atoms with Crippen LogP contribution in [0.15, 0.2) is 54.6 Å². The molecular formula is C20H28N4O2S. The van der Waals surface area contributed by atoms with Crippen LogP contribution in [0.5, 0.6) is 0 Å². The summed E-state index contributed by atoms with van der Waals surface area (Å²) in [5.74, 6) is 0. The summed E-state index contributed by atoms with van der Waals surface area (Å²) >= 11 is 0. The van der Waals surface area contributed by atoms with Crippen LogP contribution < -0.4 is 13.9 Å². The molecule has 6 nitrogen and oxygen atoms in total. The number of nitrogens with zero attached hydrogens (tertiary/aromatic N) is 3. The maximum atomic E-state index is 11.2. The summed E-state index contributed by atoms with van der Waals surface area (Å²) in [6.07, 6.45) is 3.94. The highest BCUT2D eigenvalue weighted by Crippen LogP contribution is 2.63. The van der Waals surface area contributed by atoms with Gasteiger partial charge in [0.25, 0.3) is 0 Å². The molecule has 2 aliphatic heterocycles. The zero-order chi connectivity index (χ0) is 18.9. The fourth-order valence-corrected chi connectivity index (χ4v) is 5.87. The molecule has 0 amide bonds. The molecule has 27 heavy (non-hydrogen) atoms. The van der Waals surface area contributed by atoms with E-state index in [9.17, 15) is 9.11 Å². The molecule has 146 valence electrons. The minimum atomic E-state index is -3.15. The van der Waals surface area contributed by atoms with Gasteiger partial charge in [0.15, 0.2) is 0 Å². The second-order valence-electron chi connectivity index (χ2n) is 7.05. The number of hydrogen-bond acceptors (Lipinski definition) is 6. The normalized spacial score (nSPS) is 23.3. The van der Waals surface area contributed by atoms with Crippen LogP contribution in [0.1, 0.15) is 19.3 Å². The molecule has 2 aromatic carbocycles. The number of piperidine rings is 1. The molecule has 1 saturated heterocycles. The summed E-state index contributed by atoms with van der Waals surface area (Å²) in [6.45, 7) is 2.40. The van der Waals surface area contributed by atoms with Gasteiger partial charge in [0.05, 0.1) is 29.8 Å². The van der Waals surface area contributed by atoms with E-state index < -0.39 is 11.0 Å². The van der Waals surface area contributed by atoms with Gasteiger partial charge in [0.2, 0.25) is 0 Å². The number of para-hydroxylation sites is 3. The molecule has 1 unspecified atom stereocenters. The Labute approximate surface area is 163 Å². The summed E-state index contributed by atoms with van der Waals surface area (Å²) in [5, 5.41) is 3.38. The first-order valence-corrected chi connectivity index (χ1v) is 11.0. The van der Waals surface area contributed by atoms with Gasteiger partial charge in [-0.25, -0.2) is 4.31 Å². The number of rotatable bonds is 5. The number of fused-ring (bicyclic) bond motifs is 1. The van der Waals surface area contributed by atoms with Crippen LogP contribution in [-0.2, 0) is 0 Å². The van der Waals surface area contributed by atoms with Gasteiger partial charge in [-0.2, -0.15) is 0 Å². The molecule has 1 fully saturated rings. The Morgan fingerprint density at radius 1 is 0.963 bits per heavy atom. The number of hydrogen-bond donors (Lipinski definition) is 3. The lowest BCUT2D eigenvalue weighted by atomic mass is 10.1. The Morgan fingerprint density at radius 3 is 2.41 bits per heavy atom. The molecule has 2 aliphatic rings. The molecule has 0 aliphatic carbocycles. The summed E-state index contributed by atoms with van der Waals surface area (Å²) in [6, 6.07) is 17.4. The van der Waals surface area contributed by atoms with Crippen molar-refractivity contribution in [2.45, 2.75) is 25.4 Å². The minimum absolute atomic E-state index is 0.364. The van der Waals surface area contributed by atoms with E-state index >= 15 is 0 Å². The molecule has 2 heterocycles. The standard InChI is InChI=1S/C20H28N4O2S/c1-21-20-13-7-8-14-22(20)15-16-23-18-11-5-6-12-19(18)24(27(23,25)26)17-9-3-2-4-10-17/h2-6,9-12,20-21,25-26H,7-8,13-16H2,1H3. The van der Waals surface area contributed by atoms with E-state index in [1.54, 1.807) is 8.61 Å². The van der Waals surface area contributed by atoms with Gasteiger partial charge >= 0.3 is 0 Å². The first-order chi connectivity index (χ1) is 13.1. The van der Waals surface area contributed by atoms with Gasteiger partial charge in [0.1, 0.15) is 0 Å². The summed E-state index contributed by atoms with van der Waals surface area (Å²) < 4.78 is 25.8. The second kappa shape index (κ2) is 7.69. The SMILES string of the molecule is CNC1CCCCN1CCN1c2ccccc2N(c2ccccc2)S1(O)O. The molecule has 1 atom stereocenters. The topological polar surface area (TPSA) is 62.2 Å². The predicted octanol–water partition coefficient (Wildman–Crippen LogP) is 4.26. The lowest BCUT2D eigenvalue weighted by Crippen LogP contribution is -2.50. The van der Waals surface area contributed by atoms with Crippen LogP contribution in [0.4, 0.5) is 17.1 Å². The Hall–Kier alpha value is -1.77. The van der Waals surface area contributed by atoms with E-state index in [0.717, 1.165) is 36.6 Å². The van der Waals surface area contributed by atoms with Crippen molar-refractivity contribution >= 4 is 28.0 Å². The highest BCUT2D eigenvalue weighted by atomic mass is 32.3. The molecule has 0 spiro atoms. The van der Waals surface area contributed by atoms with Crippen LogP contribution in [0.2, 0.25) is 0 Å². The first kappa shape index (κ1) is 18.6. The zero-order valence-electron chi connectivity index (χ0n) is 15.7. The lowest BCUT2D eigenvalue weighted by Gasteiger charge is -2.45. The molecule has 0 aromatic heterocycles. The molecule has 7 heteroatoms. The van der Waals surface area contributed by atoms with Crippen LogP contribution in [0.25, 0.3) is 0 Å². The third kappa shape index (κ3) is 3.41. The average Bonchev–Trinajstić information content (AvgIpc) is 2.93. The van der Waals surface area contributed by atoms with E-state index in [4.69, 9.17) is 0 Å². The monoisotopic (exact) mass is 388 g/mol. The maximum absolute atomic E-state index is 11.2. The van der Waals surface area contributed by atoms with Gasteiger partial charge in [0, 0.05) is 6.54 Å². The summed E-state index contributed by atoms with van der Waals surface area (Å²) in [7, 11) is -1.15. The van der Waals surface area contributed by atoms with Crippen LogP contribution in [0, 0.1) is 0 Å². The van der Waals surface area contributed by atoms with E-state index in [1.165, 1.54) is 12.8 Å². The highest BCUT2D eigenvalue weighted by molar-refractivity contribution is 8.27. The Bertz CT molecular complexity index is 774. The number of nitrogens with one attached hydrogen (secondary N) is 1. The molecular weight excluding hydrogens is 360 g/mol. The summed E-state index contributed by atoms with van der Waals surface area (Å²) in [4.78, 5) is 2.41. The van der Waals surface area contributed by atoms with Crippen molar-refractivity contribution in [2.24, 2.45) is 0 Å². The van der Waals surface area contributed by atoms with Crippen LogP contribution in [-0.4, -0.2) is 46.9 Å². The Kier molecular flexibility index (Phi) is 5.29. The van der Waals surface area contributed by atoms with Gasteiger partial charge in [-0.1, -0.05) is 30.3 Å². The van der Waals surface area contributed by atoms with E-state index in [2.05, 4.69) is 10.2 Å². The van der Waals surface area contributed by atoms with Crippen molar-refractivity contribution in [3.63, 3.8) is 0 Å². The van der Waals surface area contributed by atoms with Gasteiger partial charge in [-0.05, 0) is 68.1 Å². The number of likely N-dealkylation sites (tertiary alicyclic amines) is 1. The largest absolute Gasteiger partial charge is 0.305 e. The fourth-order valence-electron chi connectivity index (χ4n) is 4.10. The van der Waals surface area contributed by atoms with Gasteiger partial charge in [-0.15, -0.1) is 0 Å². The van der Waals surface area contributed by atoms with E-state index in [-0.39, 0.29) is 0 Å². The van der Waals surface area contributed by atoms with Crippen LogP contribution >= 0.6 is 11.0 Å². The summed E-state index contributed by atoms with van der Waals surface area (Å²) in [5.41, 5.74) is 2.51. The third-order valence-corrected chi connectivity index (χ3v) is 7.31. The average molecular weight is 389 g/mol. The molecule has 0 saturated carbocycles. The molecule has 4 rings (SSSR count). The van der Waals surface area contributed by atoms with Gasteiger partial charge < -0.3 is 5.32 Å². The lowest BCUT2D eigenvalue weighted by molar-refractivity contribution is 0.132. The number of anilines is 3. The first-order valence-electron chi connectivity index (χ1n) is 9.54. The zero-order valence-corrected chi connectivity index (χ0v) is 16.5. The third-order valence-electron chi connectivity index (χ3n) is 5.44. The molecule has 0 radical (unpaired) electrons. The fraction of sp³-hybridized carbons (Fsp3) is 0.400. The molecule has 2 aromatic rings. The Balaban J connectivity index is 1.61. The smallest absolute Gasteiger partial charge is 0.0896 e. The minimum Gasteiger partial charge on any atom is -0.305 e. The maximum Gasteiger partial charge on any atom is 0.0896 e. The van der Waals surface area contributed by atoms with Crippen molar-refractivity contribution in [1.82, 2.24) is 10.2 Å². The molecule has 0 bridgehead atoms. The van der Waals surface area contributed by atoms with Crippen molar-refractivity contribution in [1.29, 1.82) is 0 Å². The molecule has 3 N–H and O–H groups in total. The predicted molar refractivity (Wildman–Crippen MR) is 113 cm³/mol. The quantitative estimate of drug-likeness (QED) is 0.712. The van der Waals surface area contributed by atoms with Crippen molar-refractivity contribution < 1.29 is 9.11 Å². The van der Waals surface area contributed by atoms with Crippen molar-refractivity contribution in [2.75, 3.05) is 35.3 Å². The highest BCUT2D eigenvalue weighted by Gasteiger charge is 2.41. The van der Waals surface area contributed by atoms with Crippen LogP contribution in [0.3, 0.4) is 0 Å². The van der Waals surface area contributed by atoms with E-state index in [1.807, 2.05) is 61.6 Å². The van der Waals surface area contributed by atoms with E-state index in [0.29, 0.717) is 12.7 Å². The second-order valence-corrected chi connectivity index (χ2v) is 8.83. The van der Waals surface area contributed by atoms with Crippen molar-refractivity contribution in [3.8, 4) is 0 Å². The van der Waals surface area contributed by atoms with Crippen molar-refractivity contribution in [3.05, 3.63) is 54.6 Å². The number of benzene rings is 2.